The van der Waals surface area contributed by atoms with Crippen molar-refractivity contribution in [2.75, 3.05) is 6.54 Å². The van der Waals surface area contributed by atoms with Gasteiger partial charge in [0.2, 0.25) is 0 Å². The van der Waals surface area contributed by atoms with E-state index in [1.807, 2.05) is 11.3 Å². The lowest BCUT2D eigenvalue weighted by atomic mass is 10.00. The van der Waals surface area contributed by atoms with Gasteiger partial charge in [-0.05, 0) is 54.9 Å². The van der Waals surface area contributed by atoms with E-state index in [1.54, 1.807) is 0 Å². The minimum absolute atomic E-state index is 0.275. The zero-order chi connectivity index (χ0) is 14.0. The Labute approximate surface area is 128 Å². The van der Waals surface area contributed by atoms with Gasteiger partial charge in [0.1, 0.15) is 0 Å². The second-order valence-corrected chi connectivity index (χ2v) is 7.12. The molecule has 0 bridgehead atoms. The maximum Gasteiger partial charge on any atom is 0.0682 e. The highest BCUT2D eigenvalue weighted by molar-refractivity contribution is 9.10. The Bertz CT molecular complexity index is 554. The monoisotopic (exact) mass is 337 g/mol. The molecule has 19 heavy (non-hydrogen) atoms. The highest BCUT2D eigenvalue weighted by Gasteiger charge is 2.18. The van der Waals surface area contributed by atoms with Crippen LogP contribution in [-0.4, -0.2) is 6.54 Å². The topological polar surface area (TPSA) is 12.0 Å². The van der Waals surface area contributed by atoms with Crippen molar-refractivity contribution in [2.24, 2.45) is 0 Å². The molecule has 1 aromatic carbocycles. The molecular weight excluding hydrogens is 318 g/mol. The average Bonchev–Trinajstić information content (AvgIpc) is 2.64. The molecule has 0 spiro atoms. The van der Waals surface area contributed by atoms with Crippen molar-refractivity contribution in [3.05, 3.63) is 55.2 Å². The molecule has 1 atom stereocenters. The number of aryl methyl sites for hydroxylation is 3. The molecule has 0 aliphatic rings. The number of benzene rings is 1. The maximum atomic E-state index is 3.69. The number of hydrogen-bond donors (Lipinski definition) is 1. The molecule has 0 saturated heterocycles. The van der Waals surface area contributed by atoms with Crippen LogP contribution in [0, 0.1) is 20.8 Å². The molecule has 2 aromatic rings. The van der Waals surface area contributed by atoms with Gasteiger partial charge in [-0.25, -0.2) is 0 Å². The first kappa shape index (κ1) is 14.8. The van der Waals surface area contributed by atoms with E-state index >= 15 is 0 Å². The Balaban J connectivity index is 2.47. The number of halogens is 1. The van der Waals surface area contributed by atoms with Crippen molar-refractivity contribution in [3.63, 3.8) is 0 Å². The average molecular weight is 338 g/mol. The largest absolute Gasteiger partial charge is 0.306 e. The third-order valence-electron chi connectivity index (χ3n) is 3.08. The molecule has 0 radical (unpaired) electrons. The van der Waals surface area contributed by atoms with Gasteiger partial charge in [-0.3, -0.25) is 0 Å². The summed E-state index contributed by atoms with van der Waals surface area (Å²) in [7, 11) is 0. The normalized spacial score (nSPS) is 12.7. The minimum atomic E-state index is 0.275. The molecule has 1 N–H and O–H groups in total. The van der Waals surface area contributed by atoms with E-state index in [-0.39, 0.29) is 6.04 Å². The van der Waals surface area contributed by atoms with E-state index in [9.17, 15) is 0 Å². The molecule has 0 saturated carbocycles. The smallest absolute Gasteiger partial charge is 0.0682 e. The highest BCUT2D eigenvalue weighted by atomic mass is 79.9. The van der Waals surface area contributed by atoms with Crippen LogP contribution in [0.3, 0.4) is 0 Å². The number of rotatable bonds is 4. The summed E-state index contributed by atoms with van der Waals surface area (Å²) in [5.74, 6) is 0. The van der Waals surface area contributed by atoms with Crippen LogP contribution in [-0.2, 0) is 0 Å². The number of thiophene rings is 1. The zero-order valence-electron chi connectivity index (χ0n) is 11.9. The molecule has 0 amide bonds. The van der Waals surface area contributed by atoms with Crippen molar-refractivity contribution >= 4 is 27.3 Å². The van der Waals surface area contributed by atoms with Crippen LogP contribution in [0.5, 0.6) is 0 Å². The lowest BCUT2D eigenvalue weighted by molar-refractivity contribution is 0.637. The van der Waals surface area contributed by atoms with Crippen LogP contribution in [0.1, 0.15) is 39.4 Å². The van der Waals surface area contributed by atoms with Crippen molar-refractivity contribution in [2.45, 2.75) is 33.7 Å². The fourth-order valence-corrected chi connectivity index (χ4v) is 4.42. The van der Waals surface area contributed by atoms with Gasteiger partial charge in [-0.15, -0.1) is 11.3 Å². The standard InChI is InChI=1S/C16H20BrNS/c1-5-18-15(16-14(17)9-12(4)19-16)13-7-10(2)6-11(3)8-13/h6-9,15,18H,5H2,1-4H3. The lowest BCUT2D eigenvalue weighted by Gasteiger charge is -2.19. The summed E-state index contributed by atoms with van der Waals surface area (Å²) < 4.78 is 1.21. The summed E-state index contributed by atoms with van der Waals surface area (Å²) in [4.78, 5) is 2.71. The molecule has 2 rings (SSSR count). The Morgan fingerprint density at radius 1 is 1.11 bits per heavy atom. The van der Waals surface area contributed by atoms with Crippen molar-refractivity contribution < 1.29 is 0 Å². The third kappa shape index (κ3) is 3.47. The quantitative estimate of drug-likeness (QED) is 0.814. The maximum absolute atomic E-state index is 3.69. The molecule has 102 valence electrons. The van der Waals surface area contributed by atoms with Gasteiger partial charge in [0, 0.05) is 14.2 Å². The Hall–Kier alpha value is -0.640. The van der Waals surface area contributed by atoms with E-state index in [1.165, 1.54) is 30.9 Å². The molecule has 1 nitrogen and oxygen atoms in total. The van der Waals surface area contributed by atoms with Crippen molar-refractivity contribution in [1.29, 1.82) is 0 Å². The highest BCUT2D eigenvalue weighted by Crippen LogP contribution is 2.36. The fraction of sp³-hybridized carbons (Fsp3) is 0.375. The van der Waals surface area contributed by atoms with E-state index in [0.717, 1.165) is 6.54 Å². The van der Waals surface area contributed by atoms with Crippen molar-refractivity contribution in [3.8, 4) is 0 Å². The van der Waals surface area contributed by atoms with E-state index in [4.69, 9.17) is 0 Å². The first-order valence-electron chi connectivity index (χ1n) is 6.58. The van der Waals surface area contributed by atoms with E-state index in [2.05, 4.69) is 73.2 Å². The van der Waals surface area contributed by atoms with Gasteiger partial charge >= 0.3 is 0 Å². The summed E-state index contributed by atoms with van der Waals surface area (Å²) >= 11 is 5.55. The van der Waals surface area contributed by atoms with Gasteiger partial charge < -0.3 is 5.32 Å². The van der Waals surface area contributed by atoms with Crippen molar-refractivity contribution in [1.82, 2.24) is 5.32 Å². The Morgan fingerprint density at radius 2 is 1.74 bits per heavy atom. The summed E-state index contributed by atoms with van der Waals surface area (Å²) in [6.45, 7) is 9.59. The first-order chi connectivity index (χ1) is 9.01. The van der Waals surface area contributed by atoms with Crippen LogP contribution in [0.2, 0.25) is 0 Å². The molecule has 0 aliphatic carbocycles. The van der Waals surface area contributed by atoms with Crippen LogP contribution in [0.25, 0.3) is 0 Å². The van der Waals surface area contributed by atoms with Crippen LogP contribution < -0.4 is 5.32 Å². The molecule has 0 aliphatic heterocycles. The summed E-state index contributed by atoms with van der Waals surface area (Å²) in [5.41, 5.74) is 3.99. The lowest BCUT2D eigenvalue weighted by Crippen LogP contribution is -2.21. The summed E-state index contributed by atoms with van der Waals surface area (Å²) in [6.07, 6.45) is 0. The first-order valence-corrected chi connectivity index (χ1v) is 8.19. The second kappa shape index (κ2) is 6.21. The SMILES string of the molecule is CCNC(c1cc(C)cc(C)c1)c1sc(C)cc1Br. The van der Waals surface area contributed by atoms with Gasteiger partial charge in [-0.1, -0.05) is 36.2 Å². The number of hydrogen-bond acceptors (Lipinski definition) is 2. The van der Waals surface area contributed by atoms with Gasteiger partial charge in [0.05, 0.1) is 6.04 Å². The molecular formula is C16H20BrNS. The predicted octanol–water partition coefficient (Wildman–Crippen LogP) is 5.13. The van der Waals surface area contributed by atoms with E-state index < -0.39 is 0 Å². The zero-order valence-corrected chi connectivity index (χ0v) is 14.3. The summed E-state index contributed by atoms with van der Waals surface area (Å²) in [5, 5.41) is 3.60. The Kier molecular flexibility index (Phi) is 4.82. The van der Waals surface area contributed by atoms with Crippen LogP contribution in [0.4, 0.5) is 0 Å². The van der Waals surface area contributed by atoms with Gasteiger partial charge in [-0.2, -0.15) is 0 Å². The predicted molar refractivity (Wildman–Crippen MR) is 88.2 cm³/mol. The van der Waals surface area contributed by atoms with Gasteiger partial charge in [0.15, 0.2) is 0 Å². The molecule has 0 fully saturated rings. The molecule has 1 unspecified atom stereocenters. The summed E-state index contributed by atoms with van der Waals surface area (Å²) in [6, 6.07) is 9.26. The van der Waals surface area contributed by atoms with E-state index in [0.29, 0.717) is 0 Å². The fourth-order valence-electron chi connectivity index (χ4n) is 2.44. The number of nitrogens with one attached hydrogen (secondary N) is 1. The van der Waals surface area contributed by atoms with Crippen LogP contribution in [0.15, 0.2) is 28.7 Å². The minimum Gasteiger partial charge on any atom is -0.306 e. The molecule has 3 heteroatoms. The van der Waals surface area contributed by atoms with Gasteiger partial charge in [0.25, 0.3) is 0 Å². The van der Waals surface area contributed by atoms with Crippen LogP contribution >= 0.6 is 27.3 Å². The Morgan fingerprint density at radius 3 is 2.21 bits per heavy atom. The second-order valence-electron chi connectivity index (χ2n) is 4.98. The third-order valence-corrected chi connectivity index (χ3v) is 5.12. The molecule has 1 aromatic heterocycles. The molecule has 1 heterocycles.